The van der Waals surface area contributed by atoms with Crippen LogP contribution >= 0.6 is 11.8 Å². The number of nitrogens with zero attached hydrogens (tertiary/aromatic N) is 1. The molecule has 4 heteroatoms. The summed E-state index contributed by atoms with van der Waals surface area (Å²) < 4.78 is 8.86. The van der Waals surface area contributed by atoms with Gasteiger partial charge in [-0.3, -0.25) is 0 Å². The van der Waals surface area contributed by atoms with Crippen LogP contribution in [0.15, 0.2) is 251 Å². The van der Waals surface area contributed by atoms with Crippen molar-refractivity contribution in [3.8, 4) is 39.1 Å². The van der Waals surface area contributed by atoms with Crippen LogP contribution in [0.1, 0.15) is 0 Å². The first-order chi connectivity index (χ1) is 31.7. The van der Waals surface area contributed by atoms with Gasteiger partial charge in [-0.15, -0.1) is 0 Å². The Bertz CT molecular complexity index is 3700. The van der Waals surface area contributed by atoms with Gasteiger partial charge in [0, 0.05) is 37.0 Å². The highest BCUT2D eigenvalue weighted by Crippen LogP contribution is 2.40. The molecule has 0 radical (unpaired) electrons. The molecule has 0 N–H and O–H groups in total. The number of aromatic nitrogens is 1. The minimum atomic E-state index is -3.09. The third kappa shape index (κ3) is 5.59. The maximum absolute atomic E-state index is 6.48. The molecule has 0 bridgehead atoms. The van der Waals surface area contributed by atoms with E-state index < -0.39 is 8.07 Å². The number of hydrogen-bond acceptors (Lipinski definition) is 2. The molecule has 0 saturated heterocycles. The van der Waals surface area contributed by atoms with Crippen molar-refractivity contribution in [1.82, 2.24) is 4.57 Å². The first-order valence-corrected chi connectivity index (χ1v) is 24.7. The third-order valence-corrected chi connectivity index (χ3v) is 19.8. The molecule has 0 aliphatic carbocycles. The van der Waals surface area contributed by atoms with Crippen LogP contribution < -0.4 is 20.7 Å². The van der Waals surface area contributed by atoms with Crippen LogP contribution in [0.2, 0.25) is 0 Å². The number of hydrogen-bond donors (Lipinski definition) is 0. The van der Waals surface area contributed by atoms with Gasteiger partial charge in [0.25, 0.3) is 0 Å². The molecular formula is C60H39NOSSi. The molecular weight excluding hydrogens is 811 g/mol. The molecule has 10 aromatic carbocycles. The molecule has 0 spiro atoms. The second kappa shape index (κ2) is 14.7. The Balaban J connectivity index is 1.03. The lowest BCUT2D eigenvalue weighted by Gasteiger charge is -2.41. The summed E-state index contributed by atoms with van der Waals surface area (Å²) in [5.41, 5.74) is 12.8. The first-order valence-electron chi connectivity index (χ1n) is 21.9. The molecule has 64 heavy (non-hydrogen) atoms. The van der Waals surface area contributed by atoms with Crippen LogP contribution in [0.3, 0.4) is 0 Å². The Labute approximate surface area is 376 Å². The van der Waals surface area contributed by atoms with Crippen molar-refractivity contribution in [1.29, 1.82) is 0 Å². The van der Waals surface area contributed by atoms with Crippen molar-refractivity contribution < 1.29 is 4.42 Å². The summed E-state index contributed by atoms with van der Waals surface area (Å²) in [6, 6.07) is 87.6. The molecule has 2 aromatic heterocycles. The molecule has 12 aromatic rings. The molecule has 1 atom stereocenters. The van der Waals surface area contributed by atoms with E-state index in [-0.39, 0.29) is 0 Å². The maximum atomic E-state index is 6.48. The Hall–Kier alpha value is -7.63. The molecule has 3 heterocycles. The first kappa shape index (κ1) is 37.0. The third-order valence-electron chi connectivity index (χ3n) is 13.4. The number of benzene rings is 10. The highest BCUT2D eigenvalue weighted by molar-refractivity contribution is 8.00. The van der Waals surface area contributed by atoms with Crippen molar-refractivity contribution in [2.45, 2.75) is 9.79 Å². The van der Waals surface area contributed by atoms with Gasteiger partial charge < -0.3 is 8.98 Å². The van der Waals surface area contributed by atoms with Crippen LogP contribution in [0.4, 0.5) is 0 Å². The van der Waals surface area contributed by atoms with E-state index in [4.69, 9.17) is 4.42 Å². The van der Waals surface area contributed by atoms with Crippen molar-refractivity contribution in [2.24, 2.45) is 0 Å². The smallest absolute Gasteiger partial charge is 0.182 e. The van der Waals surface area contributed by atoms with Crippen LogP contribution in [0.25, 0.3) is 82.8 Å². The summed E-state index contributed by atoms with van der Waals surface area (Å²) in [7, 11) is -3.09. The Morgan fingerprint density at radius 3 is 1.69 bits per heavy atom. The van der Waals surface area contributed by atoms with Gasteiger partial charge in [-0.2, -0.15) is 0 Å². The van der Waals surface area contributed by atoms with Crippen molar-refractivity contribution in [2.75, 3.05) is 0 Å². The average molecular weight is 850 g/mol. The minimum absolute atomic E-state index is 0.912. The Morgan fingerprint density at radius 2 is 0.922 bits per heavy atom. The lowest BCUT2D eigenvalue weighted by Crippen LogP contribution is -2.76. The zero-order valence-electron chi connectivity index (χ0n) is 34.8. The maximum Gasteiger partial charge on any atom is 0.182 e. The van der Waals surface area contributed by atoms with E-state index in [1.54, 1.807) is 0 Å². The monoisotopic (exact) mass is 849 g/mol. The van der Waals surface area contributed by atoms with E-state index in [0.29, 0.717) is 0 Å². The van der Waals surface area contributed by atoms with E-state index >= 15 is 0 Å². The minimum Gasteiger partial charge on any atom is -0.456 e. The number of rotatable bonds is 6. The quantitative estimate of drug-likeness (QED) is 0.155. The van der Waals surface area contributed by atoms with Crippen molar-refractivity contribution >= 4 is 84.3 Å². The van der Waals surface area contributed by atoms with Gasteiger partial charge >= 0.3 is 0 Å². The summed E-state index contributed by atoms with van der Waals surface area (Å²) in [5.74, 6) is 0. The fraction of sp³-hybridized carbons (Fsp3) is 0. The molecule has 13 rings (SSSR count). The summed E-state index contributed by atoms with van der Waals surface area (Å²) in [6.07, 6.45) is 0. The normalized spacial score (nSPS) is 14.6. The summed E-state index contributed by atoms with van der Waals surface area (Å²) in [6.45, 7) is 0. The molecule has 0 amide bonds. The van der Waals surface area contributed by atoms with Crippen LogP contribution in [-0.4, -0.2) is 12.6 Å². The number of fused-ring (bicyclic) bond motifs is 8. The molecule has 2 nitrogen and oxygen atoms in total. The Kier molecular flexibility index (Phi) is 8.51. The van der Waals surface area contributed by atoms with Crippen LogP contribution in [0, 0.1) is 0 Å². The van der Waals surface area contributed by atoms with Gasteiger partial charge in [0.15, 0.2) is 8.07 Å². The number of furan rings is 1. The van der Waals surface area contributed by atoms with E-state index in [9.17, 15) is 0 Å². The second-order valence-corrected chi connectivity index (χ2v) is 21.5. The molecule has 0 saturated carbocycles. The van der Waals surface area contributed by atoms with Gasteiger partial charge in [-0.25, -0.2) is 0 Å². The largest absolute Gasteiger partial charge is 0.456 e. The van der Waals surface area contributed by atoms with Gasteiger partial charge in [0.1, 0.15) is 11.2 Å². The zero-order valence-corrected chi connectivity index (χ0v) is 36.6. The van der Waals surface area contributed by atoms with E-state index in [0.717, 1.165) is 27.6 Å². The average Bonchev–Trinajstić information content (AvgIpc) is 3.91. The number of para-hydroxylation sites is 3. The fourth-order valence-corrected chi connectivity index (χ4v) is 17.8. The zero-order chi connectivity index (χ0) is 42.2. The Morgan fingerprint density at radius 1 is 0.359 bits per heavy atom. The predicted molar refractivity (Wildman–Crippen MR) is 272 cm³/mol. The van der Waals surface area contributed by atoms with Gasteiger partial charge in [0.2, 0.25) is 0 Å². The topological polar surface area (TPSA) is 18.1 Å². The van der Waals surface area contributed by atoms with Gasteiger partial charge in [0.05, 0.1) is 11.0 Å². The lowest BCUT2D eigenvalue weighted by atomic mass is 9.94. The molecule has 1 aliphatic heterocycles. The molecule has 300 valence electrons. The molecule has 0 fully saturated rings. The lowest BCUT2D eigenvalue weighted by molar-refractivity contribution is 0.669. The van der Waals surface area contributed by atoms with Crippen molar-refractivity contribution in [3.63, 3.8) is 0 Å². The fourth-order valence-electron chi connectivity index (χ4n) is 10.6. The van der Waals surface area contributed by atoms with E-state index in [1.807, 2.05) is 11.8 Å². The molecule has 1 unspecified atom stereocenters. The van der Waals surface area contributed by atoms with Gasteiger partial charge in [-0.1, -0.05) is 200 Å². The van der Waals surface area contributed by atoms with Gasteiger partial charge in [-0.05, 0) is 103 Å². The summed E-state index contributed by atoms with van der Waals surface area (Å²) >= 11 is 1.91. The highest BCUT2D eigenvalue weighted by atomic mass is 32.2. The summed E-state index contributed by atoms with van der Waals surface area (Å²) in [5, 5.41) is 10.4. The summed E-state index contributed by atoms with van der Waals surface area (Å²) in [4.78, 5) is 2.63. The SMILES string of the molecule is c1ccc(-c2ccccc2-c2cccc3c2[Si](c2ccc(-c4ccc(-n5c6ccccc6c6ccccc65)cc4)cc2)(c2ccc4oc5ccccc5c4c2)c2ccccc2S3)cc1. The van der Waals surface area contributed by atoms with E-state index in [2.05, 4.69) is 241 Å². The van der Waals surface area contributed by atoms with Crippen LogP contribution in [-0.2, 0) is 0 Å². The van der Waals surface area contributed by atoms with Crippen molar-refractivity contribution in [3.05, 3.63) is 237 Å². The van der Waals surface area contributed by atoms with Crippen LogP contribution in [0.5, 0.6) is 0 Å². The second-order valence-electron chi connectivity index (χ2n) is 16.7. The highest BCUT2D eigenvalue weighted by Gasteiger charge is 2.48. The molecule has 1 aliphatic rings. The predicted octanol–water partition coefficient (Wildman–Crippen LogP) is 13.5. The standard InChI is InChI=1S/C60H39NOSSi/c1-2-15-42(16-3-1)46-17-4-5-18-47(46)51-22-14-27-58-60(51)64(59-28-13-12-26-57(59)63-58,45-37-38-56-52(39-45)50-21-8-11-25-55(50)62-56)44-35-31-41(32-36-44)40-29-33-43(34-30-40)61-53-23-9-6-19-48(53)49-20-7-10-24-54(49)61/h1-39H. The van der Waals surface area contributed by atoms with E-state index in [1.165, 1.54) is 85.7 Å².